The number of nitrogens with two attached hydrogens (primary N) is 1. The van der Waals surface area contributed by atoms with Crippen molar-refractivity contribution in [1.29, 1.82) is 0 Å². The fourth-order valence-corrected chi connectivity index (χ4v) is 2.17. The van der Waals surface area contributed by atoms with Crippen LogP contribution in [0.3, 0.4) is 0 Å². The Labute approximate surface area is 112 Å². The molecule has 0 saturated heterocycles. The van der Waals surface area contributed by atoms with Crippen molar-refractivity contribution in [3.05, 3.63) is 0 Å². The van der Waals surface area contributed by atoms with Crippen LogP contribution in [0.15, 0.2) is 0 Å². The van der Waals surface area contributed by atoms with Gasteiger partial charge in [0.25, 0.3) is 0 Å². The summed E-state index contributed by atoms with van der Waals surface area (Å²) in [4.78, 5) is 14.2. The van der Waals surface area contributed by atoms with E-state index in [0.29, 0.717) is 32.2 Å². The number of hydrogen-bond acceptors (Lipinski definition) is 3. The van der Waals surface area contributed by atoms with E-state index in [2.05, 4.69) is 13.8 Å². The summed E-state index contributed by atoms with van der Waals surface area (Å²) in [6.45, 7) is 6.31. The smallest absolute Gasteiger partial charge is 0.222 e. The molecule has 4 nitrogen and oxygen atoms in total. The molecule has 0 aromatic carbocycles. The van der Waals surface area contributed by atoms with Crippen molar-refractivity contribution in [3.63, 3.8) is 0 Å². The Hall–Kier alpha value is -0.610. The number of amides is 1. The fourth-order valence-electron chi connectivity index (χ4n) is 2.17. The molecule has 0 aromatic rings. The molecule has 0 radical (unpaired) electrons. The van der Waals surface area contributed by atoms with Gasteiger partial charge in [0, 0.05) is 26.1 Å². The predicted molar refractivity (Wildman–Crippen MR) is 75.5 cm³/mol. The van der Waals surface area contributed by atoms with Crippen molar-refractivity contribution in [2.75, 3.05) is 26.8 Å². The fraction of sp³-hybridized carbons (Fsp3) is 0.929. The van der Waals surface area contributed by atoms with Crippen LogP contribution in [0.1, 0.15) is 52.4 Å². The molecule has 0 unspecified atom stereocenters. The van der Waals surface area contributed by atoms with E-state index in [1.165, 1.54) is 0 Å². The van der Waals surface area contributed by atoms with E-state index in [1.54, 1.807) is 7.11 Å². The van der Waals surface area contributed by atoms with Gasteiger partial charge in [-0.25, -0.2) is 0 Å². The summed E-state index contributed by atoms with van der Waals surface area (Å²) in [5.41, 5.74) is 5.45. The van der Waals surface area contributed by atoms with Crippen molar-refractivity contribution in [2.45, 2.75) is 58.4 Å². The van der Waals surface area contributed by atoms with Crippen molar-refractivity contribution in [3.8, 4) is 0 Å². The molecule has 0 bridgehead atoms. The van der Waals surface area contributed by atoms with Crippen LogP contribution in [0.25, 0.3) is 0 Å². The summed E-state index contributed by atoms with van der Waals surface area (Å²) in [7, 11) is 1.68. The normalized spacial score (nSPS) is 10.9. The van der Waals surface area contributed by atoms with Crippen molar-refractivity contribution < 1.29 is 9.53 Å². The Morgan fingerprint density at radius 3 is 2.39 bits per heavy atom. The maximum atomic E-state index is 12.2. The first kappa shape index (κ1) is 17.4. The molecule has 0 aliphatic heterocycles. The summed E-state index contributed by atoms with van der Waals surface area (Å²) in [6.07, 6.45) is 5.66. The Morgan fingerprint density at radius 1 is 1.22 bits per heavy atom. The molecular formula is C14H30N2O2. The monoisotopic (exact) mass is 258 g/mol. The molecule has 18 heavy (non-hydrogen) atoms. The lowest BCUT2D eigenvalue weighted by atomic mass is 10.1. The third-order valence-electron chi connectivity index (χ3n) is 3.33. The van der Waals surface area contributed by atoms with Gasteiger partial charge < -0.3 is 15.4 Å². The molecule has 0 atom stereocenters. The van der Waals surface area contributed by atoms with Gasteiger partial charge in [-0.1, -0.05) is 20.3 Å². The number of carbonyl (C=O) groups is 1. The number of hydrogen-bond donors (Lipinski definition) is 1. The maximum Gasteiger partial charge on any atom is 0.222 e. The van der Waals surface area contributed by atoms with Gasteiger partial charge >= 0.3 is 0 Å². The molecule has 0 rings (SSSR count). The van der Waals surface area contributed by atoms with Crippen molar-refractivity contribution in [2.24, 2.45) is 5.73 Å². The van der Waals surface area contributed by atoms with E-state index in [9.17, 15) is 4.79 Å². The van der Waals surface area contributed by atoms with Gasteiger partial charge in [-0.3, -0.25) is 4.79 Å². The molecule has 1 amide bonds. The van der Waals surface area contributed by atoms with E-state index in [1.807, 2.05) is 4.90 Å². The summed E-state index contributed by atoms with van der Waals surface area (Å²) >= 11 is 0. The number of nitrogens with zero attached hydrogens (tertiary/aromatic N) is 1. The van der Waals surface area contributed by atoms with Gasteiger partial charge in [-0.05, 0) is 32.2 Å². The molecule has 0 fully saturated rings. The summed E-state index contributed by atoms with van der Waals surface area (Å²) in [5.74, 6) is 0.262. The van der Waals surface area contributed by atoms with Crippen molar-refractivity contribution >= 4 is 5.91 Å². The minimum absolute atomic E-state index is 0.262. The quantitative estimate of drug-likeness (QED) is 0.578. The topological polar surface area (TPSA) is 55.6 Å². The lowest BCUT2D eigenvalue weighted by Gasteiger charge is -2.30. The maximum absolute atomic E-state index is 12.2. The average molecular weight is 258 g/mol. The number of rotatable bonds is 11. The molecule has 0 aliphatic rings. The van der Waals surface area contributed by atoms with E-state index in [4.69, 9.17) is 10.5 Å². The Kier molecular flexibility index (Phi) is 11.1. The molecule has 4 heteroatoms. The Morgan fingerprint density at radius 2 is 1.89 bits per heavy atom. The molecular weight excluding hydrogens is 228 g/mol. The minimum atomic E-state index is 0.262. The van der Waals surface area contributed by atoms with Gasteiger partial charge in [0.2, 0.25) is 5.91 Å². The number of unbranched alkanes of at least 4 members (excludes halogenated alkanes) is 2. The lowest BCUT2D eigenvalue weighted by Crippen LogP contribution is -2.41. The van der Waals surface area contributed by atoms with Crippen LogP contribution in [-0.4, -0.2) is 43.7 Å². The molecule has 0 aromatic heterocycles. The number of carbonyl (C=O) groups excluding carboxylic acids is 1. The average Bonchev–Trinajstić information content (AvgIpc) is 2.39. The van der Waals surface area contributed by atoms with Crippen LogP contribution in [0, 0.1) is 0 Å². The highest BCUT2D eigenvalue weighted by atomic mass is 16.5. The summed E-state index contributed by atoms with van der Waals surface area (Å²) in [5, 5.41) is 0. The van der Waals surface area contributed by atoms with Crippen LogP contribution in [0.2, 0.25) is 0 Å². The third kappa shape index (κ3) is 6.97. The zero-order chi connectivity index (χ0) is 13.8. The lowest BCUT2D eigenvalue weighted by molar-refractivity contribution is -0.134. The molecule has 0 heterocycles. The standard InChI is InChI=1S/C14H30N2O2/c1-4-13(5-2)16(11-12-18-3)14(17)9-7-6-8-10-15/h13H,4-12,15H2,1-3H3. The van der Waals surface area contributed by atoms with Crippen LogP contribution < -0.4 is 5.73 Å². The van der Waals surface area contributed by atoms with Gasteiger partial charge in [0.05, 0.1) is 6.61 Å². The van der Waals surface area contributed by atoms with Gasteiger partial charge in [0.1, 0.15) is 0 Å². The van der Waals surface area contributed by atoms with Gasteiger partial charge in [0.15, 0.2) is 0 Å². The van der Waals surface area contributed by atoms with Gasteiger partial charge in [-0.15, -0.1) is 0 Å². The van der Waals surface area contributed by atoms with Crippen LogP contribution >= 0.6 is 0 Å². The molecule has 2 N–H and O–H groups in total. The second-order valence-corrected chi connectivity index (χ2v) is 4.65. The third-order valence-corrected chi connectivity index (χ3v) is 3.33. The Balaban J connectivity index is 4.21. The highest BCUT2D eigenvalue weighted by molar-refractivity contribution is 5.76. The number of methoxy groups -OCH3 is 1. The number of ether oxygens (including phenoxy) is 1. The van der Waals surface area contributed by atoms with Crippen LogP contribution in [-0.2, 0) is 9.53 Å². The zero-order valence-electron chi connectivity index (χ0n) is 12.3. The van der Waals surface area contributed by atoms with E-state index < -0.39 is 0 Å². The molecule has 0 aliphatic carbocycles. The van der Waals surface area contributed by atoms with E-state index in [-0.39, 0.29) is 5.91 Å². The highest BCUT2D eigenvalue weighted by Gasteiger charge is 2.19. The first-order chi connectivity index (χ1) is 8.71. The largest absolute Gasteiger partial charge is 0.383 e. The second-order valence-electron chi connectivity index (χ2n) is 4.65. The first-order valence-electron chi connectivity index (χ1n) is 7.19. The predicted octanol–water partition coefficient (Wildman–Crippen LogP) is 2.17. The molecule has 0 saturated carbocycles. The molecule has 108 valence electrons. The first-order valence-corrected chi connectivity index (χ1v) is 7.19. The summed E-state index contributed by atoms with van der Waals surface area (Å²) in [6, 6.07) is 0.349. The summed E-state index contributed by atoms with van der Waals surface area (Å²) < 4.78 is 5.09. The Bertz CT molecular complexity index is 206. The minimum Gasteiger partial charge on any atom is -0.383 e. The zero-order valence-corrected chi connectivity index (χ0v) is 12.3. The van der Waals surface area contributed by atoms with Crippen LogP contribution in [0.5, 0.6) is 0 Å². The second kappa shape index (κ2) is 11.5. The van der Waals surface area contributed by atoms with Crippen LogP contribution in [0.4, 0.5) is 0 Å². The highest BCUT2D eigenvalue weighted by Crippen LogP contribution is 2.12. The van der Waals surface area contributed by atoms with E-state index in [0.717, 1.165) is 32.1 Å². The van der Waals surface area contributed by atoms with Crippen molar-refractivity contribution in [1.82, 2.24) is 4.90 Å². The van der Waals surface area contributed by atoms with E-state index >= 15 is 0 Å². The van der Waals surface area contributed by atoms with Gasteiger partial charge in [-0.2, -0.15) is 0 Å². The molecule has 0 spiro atoms. The SMILES string of the molecule is CCC(CC)N(CCOC)C(=O)CCCCCN.